The van der Waals surface area contributed by atoms with Crippen molar-refractivity contribution in [1.29, 1.82) is 10.5 Å². The molecule has 2 rings (SSSR count). The summed E-state index contributed by atoms with van der Waals surface area (Å²) in [5, 5.41) is 17.7. The van der Waals surface area contributed by atoms with Crippen molar-refractivity contribution < 1.29 is 8.42 Å². The zero-order valence-corrected chi connectivity index (χ0v) is 13.1. The van der Waals surface area contributed by atoms with Crippen molar-refractivity contribution in [3.05, 3.63) is 53.9 Å². The third-order valence-corrected chi connectivity index (χ3v) is 4.27. The zero-order valence-electron chi connectivity index (χ0n) is 12.3. The first-order valence-electron chi connectivity index (χ1n) is 6.53. The van der Waals surface area contributed by atoms with E-state index < -0.39 is 16.0 Å². The summed E-state index contributed by atoms with van der Waals surface area (Å²) in [6.45, 7) is 0. The Labute approximate surface area is 138 Å². The van der Waals surface area contributed by atoms with Crippen molar-refractivity contribution in [3.8, 4) is 17.8 Å². The van der Waals surface area contributed by atoms with Crippen LogP contribution in [0.1, 0.15) is 5.69 Å². The molecular formula is C15H12N6O2S. The molecule has 0 aliphatic heterocycles. The summed E-state index contributed by atoms with van der Waals surface area (Å²) in [6, 6.07) is 12.9. The van der Waals surface area contributed by atoms with E-state index in [0.29, 0.717) is 11.4 Å². The summed E-state index contributed by atoms with van der Waals surface area (Å²) >= 11 is 0. The molecule has 0 unspecified atom stereocenters. The molecule has 24 heavy (non-hydrogen) atoms. The molecule has 2 aromatic rings. The topological polar surface area (TPSA) is 151 Å². The molecule has 0 aliphatic rings. The fourth-order valence-electron chi connectivity index (χ4n) is 1.95. The highest BCUT2D eigenvalue weighted by Gasteiger charge is 2.13. The van der Waals surface area contributed by atoms with Crippen molar-refractivity contribution in [1.82, 2.24) is 4.57 Å². The van der Waals surface area contributed by atoms with Gasteiger partial charge in [0.15, 0.2) is 0 Å². The van der Waals surface area contributed by atoms with Gasteiger partial charge in [-0.05, 0) is 42.5 Å². The number of benzene rings is 1. The summed E-state index contributed by atoms with van der Waals surface area (Å²) < 4.78 is 28.7. The fraction of sp³-hybridized carbons (Fsp3) is 0. The Morgan fingerprint density at radius 2 is 1.75 bits per heavy atom. The Morgan fingerprint density at radius 3 is 2.29 bits per heavy atom. The van der Waals surface area contributed by atoms with E-state index in [1.165, 1.54) is 18.2 Å². The highest BCUT2D eigenvalue weighted by atomic mass is 32.2. The molecule has 9 heteroatoms. The van der Waals surface area contributed by atoms with E-state index in [9.17, 15) is 8.42 Å². The predicted molar refractivity (Wildman–Crippen MR) is 88.0 cm³/mol. The van der Waals surface area contributed by atoms with Crippen molar-refractivity contribution in [2.24, 2.45) is 15.9 Å². The van der Waals surface area contributed by atoms with Gasteiger partial charge in [0.25, 0.3) is 10.0 Å². The molecule has 8 nitrogen and oxygen atoms in total. The Morgan fingerprint density at radius 1 is 1.12 bits per heavy atom. The maximum absolute atomic E-state index is 11.9. The quantitative estimate of drug-likeness (QED) is 0.478. The summed E-state index contributed by atoms with van der Waals surface area (Å²) in [4.78, 5) is -0.0568. The molecule has 1 heterocycles. The molecule has 0 fully saturated rings. The van der Waals surface area contributed by atoms with E-state index in [2.05, 4.69) is 4.40 Å². The third-order valence-electron chi connectivity index (χ3n) is 2.95. The van der Waals surface area contributed by atoms with Crippen molar-refractivity contribution in [2.45, 2.75) is 4.90 Å². The molecule has 0 radical (unpaired) electrons. The SMILES string of the molecule is N#CC(C#N)=Cc1cccn1-c1ccc(S(=O)(=O)N=C(N)N)cc1. The zero-order chi connectivity index (χ0) is 17.7. The highest BCUT2D eigenvalue weighted by molar-refractivity contribution is 7.90. The van der Waals surface area contributed by atoms with Crippen molar-refractivity contribution in [3.63, 3.8) is 0 Å². The number of hydrogen-bond donors (Lipinski definition) is 2. The summed E-state index contributed by atoms with van der Waals surface area (Å²) in [7, 11) is -3.95. The van der Waals surface area contributed by atoms with Gasteiger partial charge in [0.05, 0.1) is 4.90 Å². The highest BCUT2D eigenvalue weighted by Crippen LogP contribution is 2.19. The van der Waals surface area contributed by atoms with Crippen LogP contribution in [0, 0.1) is 22.7 Å². The average molecular weight is 340 g/mol. The van der Waals surface area contributed by atoms with Gasteiger partial charge in [0.2, 0.25) is 5.96 Å². The number of nitrogens with zero attached hydrogens (tertiary/aromatic N) is 4. The lowest BCUT2D eigenvalue weighted by atomic mass is 10.2. The Balaban J connectivity index is 2.43. The summed E-state index contributed by atoms with van der Waals surface area (Å²) in [5.41, 5.74) is 11.4. The Kier molecular flexibility index (Phi) is 4.68. The van der Waals surface area contributed by atoms with E-state index in [4.69, 9.17) is 22.0 Å². The van der Waals surface area contributed by atoms with Crippen LogP contribution in [0.4, 0.5) is 0 Å². The average Bonchev–Trinajstić information content (AvgIpc) is 2.99. The lowest BCUT2D eigenvalue weighted by molar-refractivity contribution is 0.598. The largest absolute Gasteiger partial charge is 0.369 e. The molecule has 0 spiro atoms. The van der Waals surface area contributed by atoms with Crippen molar-refractivity contribution >= 4 is 22.1 Å². The number of hydrogen-bond acceptors (Lipinski definition) is 4. The van der Waals surface area contributed by atoms with E-state index in [-0.39, 0.29) is 10.5 Å². The molecule has 0 atom stereocenters. The van der Waals surface area contributed by atoms with Gasteiger partial charge in [-0.1, -0.05) is 0 Å². The smallest absolute Gasteiger partial charge is 0.285 e. The van der Waals surface area contributed by atoms with E-state index >= 15 is 0 Å². The number of nitrogens with two attached hydrogens (primary N) is 2. The van der Waals surface area contributed by atoms with Gasteiger partial charge in [0.1, 0.15) is 17.7 Å². The second-order valence-electron chi connectivity index (χ2n) is 4.57. The standard InChI is InChI=1S/C15H12N6O2S/c16-9-11(10-17)8-13-2-1-7-21(13)12-3-5-14(6-4-12)24(22,23)20-15(18)19/h1-8H,(H4,18,19,20). The minimum Gasteiger partial charge on any atom is -0.369 e. The fourth-order valence-corrected chi connectivity index (χ4v) is 2.82. The first-order valence-corrected chi connectivity index (χ1v) is 7.97. The van der Waals surface area contributed by atoms with Gasteiger partial charge in [-0.25, -0.2) is 0 Å². The molecule has 0 amide bonds. The van der Waals surface area contributed by atoms with Gasteiger partial charge in [-0.15, -0.1) is 4.40 Å². The van der Waals surface area contributed by atoms with Crippen LogP contribution >= 0.6 is 0 Å². The van der Waals surface area contributed by atoms with Gasteiger partial charge in [0, 0.05) is 17.6 Å². The maximum atomic E-state index is 11.9. The van der Waals surface area contributed by atoms with Crippen LogP contribution in [0.25, 0.3) is 11.8 Å². The van der Waals surface area contributed by atoms with Crippen LogP contribution in [-0.2, 0) is 10.0 Å². The number of rotatable bonds is 4. The third kappa shape index (κ3) is 3.61. The number of aromatic nitrogens is 1. The molecule has 1 aromatic carbocycles. The van der Waals surface area contributed by atoms with E-state index in [0.717, 1.165) is 0 Å². The first kappa shape index (κ1) is 16.8. The number of guanidine groups is 1. The van der Waals surface area contributed by atoms with E-state index in [1.54, 1.807) is 47.2 Å². The van der Waals surface area contributed by atoms with Gasteiger partial charge < -0.3 is 16.0 Å². The second kappa shape index (κ2) is 6.69. The lowest BCUT2D eigenvalue weighted by Gasteiger charge is -2.07. The molecule has 0 bridgehead atoms. The Hall–Kier alpha value is -3.56. The van der Waals surface area contributed by atoms with Crippen LogP contribution < -0.4 is 11.5 Å². The predicted octanol–water partition coefficient (Wildman–Crippen LogP) is 0.870. The molecular weight excluding hydrogens is 328 g/mol. The van der Waals surface area contributed by atoms with Crippen LogP contribution in [0.2, 0.25) is 0 Å². The van der Waals surface area contributed by atoms with Crippen LogP contribution in [0.5, 0.6) is 0 Å². The summed E-state index contributed by atoms with van der Waals surface area (Å²) in [5.74, 6) is -0.544. The van der Waals surface area contributed by atoms with Gasteiger partial charge in [-0.2, -0.15) is 18.9 Å². The number of allylic oxidation sites excluding steroid dienone is 1. The minimum absolute atomic E-state index is 0.0399. The first-order chi connectivity index (χ1) is 11.4. The van der Waals surface area contributed by atoms with Crippen molar-refractivity contribution in [2.75, 3.05) is 0 Å². The molecule has 0 aliphatic carbocycles. The number of sulfonamides is 1. The molecule has 120 valence electrons. The molecule has 0 saturated heterocycles. The van der Waals surface area contributed by atoms with Crippen LogP contribution in [0.15, 0.2) is 57.5 Å². The monoisotopic (exact) mass is 340 g/mol. The Bertz CT molecular complexity index is 981. The normalized spacial score (nSPS) is 10.2. The second-order valence-corrected chi connectivity index (χ2v) is 6.17. The van der Waals surface area contributed by atoms with Crippen LogP contribution in [0.3, 0.4) is 0 Å². The number of nitriles is 2. The summed E-state index contributed by atoms with van der Waals surface area (Å²) in [6.07, 6.45) is 3.15. The molecule has 4 N–H and O–H groups in total. The molecule has 0 saturated carbocycles. The molecule has 1 aromatic heterocycles. The lowest BCUT2D eigenvalue weighted by Crippen LogP contribution is -2.24. The van der Waals surface area contributed by atoms with Gasteiger partial charge in [-0.3, -0.25) is 0 Å². The van der Waals surface area contributed by atoms with Crippen LogP contribution in [-0.4, -0.2) is 18.9 Å². The van der Waals surface area contributed by atoms with E-state index in [1.807, 2.05) is 0 Å². The minimum atomic E-state index is -3.95. The van der Waals surface area contributed by atoms with Gasteiger partial charge >= 0.3 is 0 Å². The maximum Gasteiger partial charge on any atom is 0.285 e.